The van der Waals surface area contributed by atoms with Crippen molar-refractivity contribution >= 4 is 11.0 Å². The predicted molar refractivity (Wildman–Crippen MR) is 61.2 cm³/mol. The molecule has 0 unspecified atom stereocenters. The Morgan fingerprint density at radius 2 is 2.00 bits per heavy atom. The maximum Gasteiger partial charge on any atom is 0.137 e. The van der Waals surface area contributed by atoms with Crippen LogP contribution in [0.15, 0.2) is 34.9 Å². The maximum atomic E-state index is 5.69. The molecule has 0 fully saturated rings. The van der Waals surface area contributed by atoms with Crippen LogP contribution in [0.1, 0.15) is 20.8 Å². The van der Waals surface area contributed by atoms with Crippen LogP contribution in [-0.4, -0.2) is 6.61 Å². The molecular weight excluding hydrogens is 188 g/mol. The van der Waals surface area contributed by atoms with Crippen LogP contribution >= 0.6 is 0 Å². The van der Waals surface area contributed by atoms with Gasteiger partial charge in [-0.15, -0.1) is 0 Å². The first-order chi connectivity index (χ1) is 7.04. The molecule has 0 spiro atoms. The molecule has 2 rings (SSSR count). The van der Waals surface area contributed by atoms with Crippen LogP contribution in [0.2, 0.25) is 0 Å². The zero-order valence-corrected chi connectivity index (χ0v) is 9.41. The van der Waals surface area contributed by atoms with Gasteiger partial charge in [-0.1, -0.05) is 20.8 Å². The van der Waals surface area contributed by atoms with Crippen LogP contribution in [-0.2, 0) is 0 Å². The predicted octanol–water partition coefficient (Wildman–Crippen LogP) is 3.86. The molecule has 0 amide bonds. The second-order valence-corrected chi connectivity index (χ2v) is 4.97. The summed E-state index contributed by atoms with van der Waals surface area (Å²) in [6, 6.07) is 7.87. The number of furan rings is 1. The van der Waals surface area contributed by atoms with E-state index < -0.39 is 0 Å². The van der Waals surface area contributed by atoms with E-state index in [0.717, 1.165) is 16.7 Å². The van der Waals surface area contributed by atoms with Gasteiger partial charge in [0.05, 0.1) is 12.9 Å². The van der Waals surface area contributed by atoms with Crippen molar-refractivity contribution in [3.8, 4) is 5.75 Å². The van der Waals surface area contributed by atoms with Crippen molar-refractivity contribution in [3.05, 3.63) is 30.5 Å². The van der Waals surface area contributed by atoms with Gasteiger partial charge in [0.2, 0.25) is 0 Å². The molecule has 0 N–H and O–H groups in total. The molecule has 0 saturated carbocycles. The second-order valence-electron chi connectivity index (χ2n) is 4.97. The Hall–Kier alpha value is -1.44. The first-order valence-corrected chi connectivity index (χ1v) is 5.15. The molecule has 2 aromatic rings. The summed E-state index contributed by atoms with van der Waals surface area (Å²) in [5, 5.41) is 1.11. The Labute approximate surface area is 89.8 Å². The van der Waals surface area contributed by atoms with E-state index in [1.54, 1.807) is 6.26 Å². The number of ether oxygens (including phenoxy) is 1. The van der Waals surface area contributed by atoms with Crippen molar-refractivity contribution in [1.82, 2.24) is 0 Å². The van der Waals surface area contributed by atoms with Gasteiger partial charge in [0, 0.05) is 11.5 Å². The Balaban J connectivity index is 2.15. The number of fused-ring (bicyclic) bond motifs is 1. The Bertz CT molecular complexity index is 449. The van der Waals surface area contributed by atoms with E-state index in [1.807, 2.05) is 24.3 Å². The molecule has 80 valence electrons. The minimum Gasteiger partial charge on any atom is -0.493 e. The summed E-state index contributed by atoms with van der Waals surface area (Å²) in [5.41, 5.74) is 1.05. The Kier molecular flexibility index (Phi) is 2.43. The molecule has 0 aliphatic carbocycles. The fraction of sp³-hybridized carbons (Fsp3) is 0.385. The van der Waals surface area contributed by atoms with Crippen LogP contribution in [0.3, 0.4) is 0 Å². The Morgan fingerprint density at radius 3 is 2.73 bits per heavy atom. The highest BCUT2D eigenvalue weighted by atomic mass is 16.5. The highest BCUT2D eigenvalue weighted by Gasteiger charge is 2.11. The fourth-order valence-electron chi connectivity index (χ4n) is 1.32. The van der Waals surface area contributed by atoms with E-state index in [9.17, 15) is 0 Å². The number of hydrogen-bond acceptors (Lipinski definition) is 2. The van der Waals surface area contributed by atoms with E-state index in [1.165, 1.54) is 0 Å². The van der Waals surface area contributed by atoms with Crippen molar-refractivity contribution in [2.24, 2.45) is 5.41 Å². The summed E-state index contributed by atoms with van der Waals surface area (Å²) < 4.78 is 11.0. The van der Waals surface area contributed by atoms with Crippen molar-refractivity contribution in [2.45, 2.75) is 20.8 Å². The first-order valence-electron chi connectivity index (χ1n) is 5.15. The molecule has 0 atom stereocenters. The summed E-state index contributed by atoms with van der Waals surface area (Å²) in [5.74, 6) is 0.868. The van der Waals surface area contributed by atoms with Crippen LogP contribution in [0, 0.1) is 5.41 Å². The van der Waals surface area contributed by atoms with Crippen LogP contribution in [0.25, 0.3) is 11.0 Å². The third-order valence-corrected chi connectivity index (χ3v) is 2.10. The maximum absolute atomic E-state index is 5.69. The lowest BCUT2D eigenvalue weighted by atomic mass is 9.99. The quantitative estimate of drug-likeness (QED) is 0.741. The van der Waals surface area contributed by atoms with Gasteiger partial charge < -0.3 is 9.15 Å². The monoisotopic (exact) mass is 204 g/mol. The number of hydrogen-bond donors (Lipinski definition) is 0. The molecule has 0 saturated heterocycles. The second kappa shape index (κ2) is 3.61. The van der Waals surface area contributed by atoms with Gasteiger partial charge in [-0.2, -0.15) is 0 Å². The topological polar surface area (TPSA) is 22.4 Å². The van der Waals surface area contributed by atoms with Gasteiger partial charge in [0.25, 0.3) is 0 Å². The van der Waals surface area contributed by atoms with Gasteiger partial charge in [0.15, 0.2) is 0 Å². The highest BCUT2D eigenvalue weighted by Crippen LogP contribution is 2.23. The van der Waals surface area contributed by atoms with E-state index in [2.05, 4.69) is 20.8 Å². The van der Waals surface area contributed by atoms with Gasteiger partial charge in [-0.25, -0.2) is 0 Å². The highest BCUT2D eigenvalue weighted by molar-refractivity contribution is 5.78. The van der Waals surface area contributed by atoms with Crippen molar-refractivity contribution in [3.63, 3.8) is 0 Å². The van der Waals surface area contributed by atoms with E-state index in [0.29, 0.717) is 6.61 Å². The third kappa shape index (κ3) is 2.52. The number of rotatable bonds is 2. The van der Waals surface area contributed by atoms with Gasteiger partial charge in [-0.05, 0) is 23.6 Å². The lowest BCUT2D eigenvalue weighted by Crippen LogP contribution is -2.16. The standard InChI is InChI=1S/C13H16O2/c1-13(2,3)9-15-11-5-4-10-6-7-14-12(10)8-11/h4-8H,9H2,1-3H3. The van der Waals surface area contributed by atoms with E-state index >= 15 is 0 Å². The molecule has 15 heavy (non-hydrogen) atoms. The lowest BCUT2D eigenvalue weighted by Gasteiger charge is -2.18. The molecule has 0 radical (unpaired) electrons. The molecule has 0 aliphatic rings. The fourth-order valence-corrected chi connectivity index (χ4v) is 1.32. The summed E-state index contributed by atoms with van der Waals surface area (Å²) in [6.45, 7) is 7.16. The van der Waals surface area contributed by atoms with Crippen LogP contribution in [0.4, 0.5) is 0 Å². The van der Waals surface area contributed by atoms with E-state index in [4.69, 9.17) is 9.15 Å². The normalized spacial score (nSPS) is 11.9. The SMILES string of the molecule is CC(C)(C)COc1ccc2ccoc2c1. The average Bonchev–Trinajstić information content (AvgIpc) is 2.60. The molecule has 2 heteroatoms. The minimum atomic E-state index is 0.179. The number of benzene rings is 1. The summed E-state index contributed by atoms with van der Waals surface area (Å²) in [7, 11) is 0. The largest absolute Gasteiger partial charge is 0.493 e. The molecule has 0 aliphatic heterocycles. The van der Waals surface area contributed by atoms with Gasteiger partial charge in [0.1, 0.15) is 11.3 Å². The zero-order valence-electron chi connectivity index (χ0n) is 9.41. The van der Waals surface area contributed by atoms with Crippen molar-refractivity contribution in [2.75, 3.05) is 6.61 Å². The van der Waals surface area contributed by atoms with Crippen molar-refractivity contribution in [1.29, 1.82) is 0 Å². The van der Waals surface area contributed by atoms with Crippen LogP contribution < -0.4 is 4.74 Å². The molecule has 1 aromatic carbocycles. The van der Waals surface area contributed by atoms with Crippen molar-refractivity contribution < 1.29 is 9.15 Å². The summed E-state index contributed by atoms with van der Waals surface area (Å²) in [6.07, 6.45) is 1.69. The molecule has 0 bridgehead atoms. The lowest BCUT2D eigenvalue weighted by molar-refractivity contribution is 0.198. The molecule has 2 nitrogen and oxygen atoms in total. The summed E-state index contributed by atoms with van der Waals surface area (Å²) in [4.78, 5) is 0. The third-order valence-electron chi connectivity index (χ3n) is 2.10. The molecular formula is C13H16O2. The Morgan fingerprint density at radius 1 is 1.20 bits per heavy atom. The molecule has 1 aromatic heterocycles. The molecule has 1 heterocycles. The average molecular weight is 204 g/mol. The van der Waals surface area contributed by atoms with Gasteiger partial charge >= 0.3 is 0 Å². The van der Waals surface area contributed by atoms with Gasteiger partial charge in [-0.3, -0.25) is 0 Å². The summed E-state index contributed by atoms with van der Waals surface area (Å²) >= 11 is 0. The first kappa shape index (κ1) is 10.1. The minimum absolute atomic E-state index is 0.179. The van der Waals surface area contributed by atoms with E-state index in [-0.39, 0.29) is 5.41 Å². The zero-order chi connectivity index (χ0) is 10.9. The van der Waals surface area contributed by atoms with Crippen LogP contribution in [0.5, 0.6) is 5.75 Å². The smallest absolute Gasteiger partial charge is 0.137 e.